The van der Waals surface area contributed by atoms with Crippen molar-refractivity contribution in [2.75, 3.05) is 13.2 Å². The van der Waals surface area contributed by atoms with E-state index in [0.717, 1.165) is 0 Å². The van der Waals surface area contributed by atoms with Crippen molar-refractivity contribution in [2.24, 2.45) is 0 Å². The summed E-state index contributed by atoms with van der Waals surface area (Å²) in [6, 6.07) is 5.78. The maximum absolute atomic E-state index is 12.8. The van der Waals surface area contributed by atoms with E-state index < -0.39 is 5.97 Å². The van der Waals surface area contributed by atoms with Crippen LogP contribution in [0.25, 0.3) is 0 Å². The normalized spacial score (nSPS) is 10.1. The van der Waals surface area contributed by atoms with Crippen molar-refractivity contribution in [3.63, 3.8) is 0 Å². The van der Waals surface area contributed by atoms with Gasteiger partial charge in [-0.3, -0.25) is 9.59 Å². The van der Waals surface area contributed by atoms with Gasteiger partial charge in [-0.2, -0.15) is 0 Å². The van der Waals surface area contributed by atoms with E-state index in [1.807, 2.05) is 0 Å². The van der Waals surface area contributed by atoms with Gasteiger partial charge in [0.25, 0.3) is 0 Å². The number of ether oxygens (including phenoxy) is 1. The highest BCUT2D eigenvalue weighted by atomic mass is 19.1. The first-order chi connectivity index (χ1) is 9.58. The van der Waals surface area contributed by atoms with Crippen molar-refractivity contribution < 1.29 is 23.8 Å². The average molecular weight is 283 g/mol. The second-order valence-electron chi connectivity index (χ2n) is 4.26. The van der Waals surface area contributed by atoms with Gasteiger partial charge in [-0.25, -0.2) is 4.39 Å². The summed E-state index contributed by atoms with van der Waals surface area (Å²) in [4.78, 5) is 21.6. The Morgan fingerprint density at radius 2 is 2.00 bits per heavy atom. The van der Waals surface area contributed by atoms with Crippen LogP contribution >= 0.6 is 0 Å². The molecule has 0 atom stereocenters. The number of hydrogen-bond acceptors (Lipinski definition) is 3. The Balaban J connectivity index is 2.06. The Labute approximate surface area is 116 Å². The number of carboxylic acid groups (broad SMARTS) is 1. The largest absolute Gasteiger partial charge is 0.492 e. The van der Waals surface area contributed by atoms with Crippen LogP contribution in [0.5, 0.6) is 5.75 Å². The first-order valence-electron chi connectivity index (χ1n) is 6.45. The number of rotatable bonds is 9. The van der Waals surface area contributed by atoms with Crippen LogP contribution in [-0.4, -0.2) is 30.1 Å². The maximum atomic E-state index is 12.8. The molecular formula is C14H18FNO4. The van der Waals surface area contributed by atoms with Gasteiger partial charge in [-0.1, -0.05) is 6.07 Å². The lowest BCUT2D eigenvalue weighted by molar-refractivity contribution is -0.137. The maximum Gasteiger partial charge on any atom is 0.303 e. The second-order valence-corrected chi connectivity index (χ2v) is 4.26. The summed E-state index contributed by atoms with van der Waals surface area (Å²) in [5, 5.41) is 11.1. The van der Waals surface area contributed by atoms with E-state index >= 15 is 0 Å². The van der Waals surface area contributed by atoms with Crippen molar-refractivity contribution in [2.45, 2.75) is 25.7 Å². The quantitative estimate of drug-likeness (QED) is 0.679. The first-order valence-corrected chi connectivity index (χ1v) is 6.45. The summed E-state index contributed by atoms with van der Waals surface area (Å²) in [5.41, 5.74) is 0. The van der Waals surface area contributed by atoms with Crippen LogP contribution in [0.15, 0.2) is 24.3 Å². The molecule has 0 heterocycles. The molecule has 110 valence electrons. The Bertz CT molecular complexity index is 451. The number of amides is 1. The van der Waals surface area contributed by atoms with Crippen molar-refractivity contribution >= 4 is 11.9 Å². The first kappa shape index (κ1) is 15.9. The van der Waals surface area contributed by atoms with Crippen molar-refractivity contribution in [1.82, 2.24) is 5.32 Å². The molecule has 0 aliphatic carbocycles. The summed E-state index contributed by atoms with van der Waals surface area (Å²) in [6.45, 7) is 0.582. The molecule has 0 aliphatic rings. The van der Waals surface area contributed by atoms with Gasteiger partial charge in [0, 0.05) is 18.9 Å². The van der Waals surface area contributed by atoms with Crippen LogP contribution in [0.4, 0.5) is 4.39 Å². The van der Waals surface area contributed by atoms with Gasteiger partial charge in [0.2, 0.25) is 5.91 Å². The minimum absolute atomic E-state index is 0.0793. The van der Waals surface area contributed by atoms with Crippen molar-refractivity contribution in [3.8, 4) is 5.75 Å². The number of benzene rings is 1. The highest BCUT2D eigenvalue weighted by Gasteiger charge is 2.02. The lowest BCUT2D eigenvalue weighted by Crippen LogP contribution is -2.27. The number of halogens is 1. The number of hydrogen-bond donors (Lipinski definition) is 2. The van der Waals surface area contributed by atoms with Crippen LogP contribution in [0.3, 0.4) is 0 Å². The van der Waals surface area contributed by atoms with Crippen LogP contribution < -0.4 is 10.1 Å². The molecule has 20 heavy (non-hydrogen) atoms. The van der Waals surface area contributed by atoms with Crippen LogP contribution in [0.2, 0.25) is 0 Å². The average Bonchev–Trinajstić information content (AvgIpc) is 2.40. The molecule has 0 bridgehead atoms. The molecule has 0 aliphatic heterocycles. The predicted molar refractivity (Wildman–Crippen MR) is 71.0 cm³/mol. The molecule has 0 spiro atoms. The fraction of sp³-hybridized carbons (Fsp3) is 0.429. The number of aliphatic carboxylic acids is 1. The van der Waals surface area contributed by atoms with Crippen LogP contribution in [0.1, 0.15) is 25.7 Å². The molecule has 2 N–H and O–H groups in total. The summed E-state index contributed by atoms with van der Waals surface area (Å²) >= 11 is 0. The molecule has 1 aromatic rings. The van der Waals surface area contributed by atoms with Crippen molar-refractivity contribution in [3.05, 3.63) is 30.1 Å². The van der Waals surface area contributed by atoms with E-state index in [2.05, 4.69) is 5.32 Å². The van der Waals surface area contributed by atoms with Gasteiger partial charge >= 0.3 is 5.97 Å². The number of carbonyl (C=O) groups excluding carboxylic acids is 1. The zero-order valence-electron chi connectivity index (χ0n) is 11.1. The number of nitrogens with one attached hydrogen (secondary N) is 1. The van der Waals surface area contributed by atoms with Gasteiger partial charge in [-0.15, -0.1) is 0 Å². The van der Waals surface area contributed by atoms with Crippen LogP contribution in [0, 0.1) is 5.82 Å². The summed E-state index contributed by atoms with van der Waals surface area (Å²) in [6.07, 6.45) is 1.41. The Morgan fingerprint density at radius 3 is 2.70 bits per heavy atom. The topological polar surface area (TPSA) is 75.6 Å². The molecule has 0 fully saturated rings. The smallest absolute Gasteiger partial charge is 0.303 e. The zero-order chi connectivity index (χ0) is 14.8. The molecule has 0 radical (unpaired) electrons. The monoisotopic (exact) mass is 283 g/mol. The third kappa shape index (κ3) is 7.35. The molecule has 1 amide bonds. The van der Waals surface area contributed by atoms with Crippen LogP contribution in [-0.2, 0) is 9.59 Å². The van der Waals surface area contributed by atoms with Gasteiger partial charge in [0.15, 0.2) is 0 Å². The molecule has 0 aromatic heterocycles. The number of unbranched alkanes of at least 4 members (excludes halogenated alkanes) is 1. The predicted octanol–water partition coefficient (Wildman–Crippen LogP) is 1.97. The molecule has 0 saturated heterocycles. The molecule has 1 aromatic carbocycles. The molecule has 5 nitrogen and oxygen atoms in total. The lowest BCUT2D eigenvalue weighted by atomic mass is 10.2. The SMILES string of the molecule is O=C(O)CCCCC(=O)NCCOc1cccc(F)c1. The van der Waals surface area contributed by atoms with E-state index in [9.17, 15) is 14.0 Å². The highest BCUT2D eigenvalue weighted by Crippen LogP contribution is 2.11. The fourth-order valence-corrected chi connectivity index (χ4v) is 1.57. The van der Waals surface area contributed by atoms with E-state index in [0.29, 0.717) is 31.6 Å². The lowest BCUT2D eigenvalue weighted by Gasteiger charge is -2.07. The Kier molecular flexibility index (Phi) is 7.10. The molecule has 0 unspecified atom stereocenters. The minimum atomic E-state index is -0.853. The van der Waals surface area contributed by atoms with Gasteiger partial charge in [0.1, 0.15) is 18.2 Å². The van der Waals surface area contributed by atoms with E-state index in [1.54, 1.807) is 12.1 Å². The molecular weight excluding hydrogens is 265 g/mol. The molecule has 0 saturated carbocycles. The van der Waals surface area contributed by atoms with E-state index in [-0.39, 0.29) is 24.8 Å². The summed E-state index contributed by atoms with van der Waals surface area (Å²) in [5.74, 6) is -0.946. The number of carbonyl (C=O) groups is 2. The third-order valence-corrected chi connectivity index (χ3v) is 2.53. The third-order valence-electron chi connectivity index (χ3n) is 2.53. The standard InChI is InChI=1S/C14H18FNO4/c15-11-4-3-5-12(10-11)20-9-8-16-13(17)6-1-2-7-14(18)19/h3-5,10H,1-2,6-9H2,(H,16,17)(H,18,19). The van der Waals surface area contributed by atoms with E-state index in [1.165, 1.54) is 12.1 Å². The Hall–Kier alpha value is -2.11. The summed E-state index contributed by atoms with van der Waals surface area (Å²) < 4.78 is 18.1. The Morgan fingerprint density at radius 1 is 1.25 bits per heavy atom. The second kappa shape index (κ2) is 8.90. The summed E-state index contributed by atoms with van der Waals surface area (Å²) in [7, 11) is 0. The van der Waals surface area contributed by atoms with Gasteiger partial charge in [-0.05, 0) is 25.0 Å². The minimum Gasteiger partial charge on any atom is -0.492 e. The molecule has 1 rings (SSSR count). The van der Waals surface area contributed by atoms with Crippen molar-refractivity contribution in [1.29, 1.82) is 0 Å². The van der Waals surface area contributed by atoms with E-state index in [4.69, 9.17) is 9.84 Å². The van der Waals surface area contributed by atoms with Gasteiger partial charge in [0.05, 0.1) is 6.54 Å². The van der Waals surface area contributed by atoms with Gasteiger partial charge < -0.3 is 15.2 Å². The highest BCUT2D eigenvalue weighted by molar-refractivity contribution is 5.75. The molecule has 6 heteroatoms. The fourth-order valence-electron chi connectivity index (χ4n) is 1.57. The zero-order valence-corrected chi connectivity index (χ0v) is 11.1. The number of carboxylic acids is 1.